The molecule has 2 aromatic carbocycles. The molecule has 5 nitrogen and oxygen atoms in total. The molecule has 0 saturated carbocycles. The number of para-hydroxylation sites is 2. The third kappa shape index (κ3) is 4.08. The molecule has 0 aliphatic carbocycles. The number of benzene rings is 2. The van der Waals surface area contributed by atoms with Gasteiger partial charge < -0.3 is 10.6 Å². The van der Waals surface area contributed by atoms with E-state index in [1.54, 1.807) is 48.5 Å². The molecule has 22 heavy (non-hydrogen) atoms. The number of carbonyl (C=O) groups is 2. The summed E-state index contributed by atoms with van der Waals surface area (Å²) in [7, 11) is 0. The van der Waals surface area contributed by atoms with Crippen molar-refractivity contribution in [3.63, 3.8) is 0 Å². The molecular weight excluding hydrogens is 302 g/mol. The summed E-state index contributed by atoms with van der Waals surface area (Å²) < 4.78 is 0. The molecule has 0 fully saturated rings. The molecule has 2 amide bonds. The number of nitriles is 1. The molecule has 0 aromatic heterocycles. The number of carbonyl (C=O) groups excluding carboxylic acids is 2. The average molecular weight is 314 g/mol. The maximum atomic E-state index is 11.9. The van der Waals surface area contributed by atoms with Gasteiger partial charge in [-0.25, -0.2) is 0 Å². The summed E-state index contributed by atoms with van der Waals surface area (Å²) >= 11 is 5.92. The quantitative estimate of drug-likeness (QED) is 0.850. The van der Waals surface area contributed by atoms with Gasteiger partial charge >= 0.3 is 0 Å². The molecule has 2 aromatic rings. The summed E-state index contributed by atoms with van der Waals surface area (Å²) in [4.78, 5) is 23.7. The Morgan fingerprint density at radius 2 is 1.50 bits per heavy atom. The molecule has 0 aliphatic rings. The molecule has 6 heteroatoms. The number of nitrogens with zero attached hydrogens (tertiary/aromatic N) is 1. The van der Waals surface area contributed by atoms with Crippen molar-refractivity contribution in [1.82, 2.24) is 0 Å². The molecule has 0 radical (unpaired) electrons. The number of anilines is 2. The summed E-state index contributed by atoms with van der Waals surface area (Å²) in [6.45, 7) is 0. The van der Waals surface area contributed by atoms with Crippen LogP contribution < -0.4 is 10.6 Å². The Hall–Kier alpha value is -2.84. The van der Waals surface area contributed by atoms with Gasteiger partial charge in [-0.05, 0) is 24.3 Å². The fraction of sp³-hybridized carbons (Fsp3) is 0.0625. The van der Waals surface area contributed by atoms with Crippen LogP contribution in [0, 0.1) is 11.3 Å². The van der Waals surface area contributed by atoms with Gasteiger partial charge in [-0.15, -0.1) is 0 Å². The number of nitrogens with one attached hydrogen (secondary N) is 2. The van der Waals surface area contributed by atoms with E-state index in [9.17, 15) is 9.59 Å². The summed E-state index contributed by atoms with van der Waals surface area (Å²) in [6, 6.07) is 15.3. The van der Waals surface area contributed by atoms with Crippen LogP contribution in [0.1, 0.15) is 12.0 Å². The molecule has 2 N–H and O–H groups in total. The lowest BCUT2D eigenvalue weighted by Crippen LogP contribution is -2.21. The first-order chi connectivity index (χ1) is 10.6. The summed E-state index contributed by atoms with van der Waals surface area (Å²) in [5, 5.41) is 14.4. The number of rotatable bonds is 4. The van der Waals surface area contributed by atoms with Crippen molar-refractivity contribution in [3.05, 3.63) is 59.1 Å². The molecule has 0 atom stereocenters. The van der Waals surface area contributed by atoms with Gasteiger partial charge in [-0.3, -0.25) is 9.59 Å². The molecule has 0 bridgehead atoms. The van der Waals surface area contributed by atoms with Crippen LogP contribution >= 0.6 is 11.6 Å². The number of amides is 2. The smallest absolute Gasteiger partial charge is 0.233 e. The Morgan fingerprint density at radius 3 is 2.14 bits per heavy atom. The van der Waals surface area contributed by atoms with E-state index in [1.165, 1.54) is 0 Å². The summed E-state index contributed by atoms with van der Waals surface area (Å²) in [5.74, 6) is -0.993. The summed E-state index contributed by atoms with van der Waals surface area (Å²) in [5.41, 5.74) is 1.15. The molecule has 0 heterocycles. The Labute approximate surface area is 132 Å². The van der Waals surface area contributed by atoms with Gasteiger partial charge in [0.2, 0.25) is 11.8 Å². The second-order valence-corrected chi connectivity index (χ2v) is 4.82. The highest BCUT2D eigenvalue weighted by Gasteiger charge is 2.12. The lowest BCUT2D eigenvalue weighted by atomic mass is 10.2. The van der Waals surface area contributed by atoms with Crippen molar-refractivity contribution in [1.29, 1.82) is 5.26 Å². The second-order valence-electron chi connectivity index (χ2n) is 4.41. The van der Waals surface area contributed by atoms with Gasteiger partial charge in [0.05, 0.1) is 22.0 Å². The van der Waals surface area contributed by atoms with Crippen molar-refractivity contribution in [2.24, 2.45) is 0 Å². The van der Waals surface area contributed by atoms with Gasteiger partial charge in [0, 0.05) is 0 Å². The Kier molecular flexibility index (Phi) is 5.12. The number of halogens is 1. The van der Waals surface area contributed by atoms with Crippen LogP contribution in [0.5, 0.6) is 0 Å². The van der Waals surface area contributed by atoms with Crippen molar-refractivity contribution in [2.75, 3.05) is 10.6 Å². The molecule has 110 valence electrons. The van der Waals surface area contributed by atoms with E-state index in [0.29, 0.717) is 22.0 Å². The monoisotopic (exact) mass is 313 g/mol. The largest absolute Gasteiger partial charge is 0.324 e. The van der Waals surface area contributed by atoms with Gasteiger partial charge in [-0.1, -0.05) is 35.9 Å². The highest BCUT2D eigenvalue weighted by molar-refractivity contribution is 6.33. The van der Waals surface area contributed by atoms with E-state index in [1.807, 2.05) is 6.07 Å². The SMILES string of the molecule is N#Cc1ccccc1NC(=O)CC(=O)Nc1ccccc1Cl. The fourth-order valence-corrected chi connectivity index (χ4v) is 1.97. The zero-order valence-corrected chi connectivity index (χ0v) is 12.2. The number of hydrogen-bond acceptors (Lipinski definition) is 3. The van der Waals surface area contributed by atoms with Gasteiger partial charge in [-0.2, -0.15) is 5.26 Å². The minimum atomic E-state index is -0.507. The van der Waals surface area contributed by atoms with Crippen LogP contribution in [0.4, 0.5) is 11.4 Å². The van der Waals surface area contributed by atoms with E-state index in [2.05, 4.69) is 10.6 Å². The first-order valence-corrected chi connectivity index (χ1v) is 6.81. The van der Waals surface area contributed by atoms with Crippen LogP contribution in [0.15, 0.2) is 48.5 Å². The maximum absolute atomic E-state index is 11.9. The maximum Gasteiger partial charge on any atom is 0.233 e. The third-order valence-corrected chi connectivity index (χ3v) is 3.12. The van der Waals surface area contributed by atoms with E-state index in [4.69, 9.17) is 16.9 Å². The van der Waals surface area contributed by atoms with Crippen molar-refractivity contribution < 1.29 is 9.59 Å². The molecular formula is C16H12ClN3O2. The van der Waals surface area contributed by atoms with Gasteiger partial charge in [0.1, 0.15) is 12.5 Å². The zero-order chi connectivity index (χ0) is 15.9. The molecule has 0 saturated heterocycles. The highest BCUT2D eigenvalue weighted by atomic mass is 35.5. The topological polar surface area (TPSA) is 82.0 Å². The molecule has 0 aliphatic heterocycles. The molecule has 2 rings (SSSR count). The van der Waals surface area contributed by atoms with Crippen LogP contribution in [0.3, 0.4) is 0 Å². The van der Waals surface area contributed by atoms with E-state index >= 15 is 0 Å². The van der Waals surface area contributed by atoms with Crippen LogP contribution in [-0.2, 0) is 9.59 Å². The van der Waals surface area contributed by atoms with Crippen LogP contribution in [0.25, 0.3) is 0 Å². The minimum absolute atomic E-state index is 0.336. The zero-order valence-electron chi connectivity index (χ0n) is 11.5. The first-order valence-electron chi connectivity index (χ1n) is 6.43. The molecule has 0 unspecified atom stereocenters. The minimum Gasteiger partial charge on any atom is -0.324 e. The first kappa shape index (κ1) is 15.5. The van der Waals surface area contributed by atoms with Gasteiger partial charge in [0.15, 0.2) is 0 Å². The lowest BCUT2D eigenvalue weighted by molar-refractivity contribution is -0.123. The van der Waals surface area contributed by atoms with Crippen molar-refractivity contribution in [2.45, 2.75) is 6.42 Å². The Bertz CT molecular complexity index is 753. The predicted molar refractivity (Wildman–Crippen MR) is 84.5 cm³/mol. The van der Waals surface area contributed by atoms with E-state index < -0.39 is 11.8 Å². The average Bonchev–Trinajstić information content (AvgIpc) is 2.50. The highest BCUT2D eigenvalue weighted by Crippen LogP contribution is 2.20. The van der Waals surface area contributed by atoms with Crippen LogP contribution in [-0.4, -0.2) is 11.8 Å². The van der Waals surface area contributed by atoms with E-state index in [-0.39, 0.29) is 6.42 Å². The predicted octanol–water partition coefficient (Wildman–Crippen LogP) is 3.18. The Balaban J connectivity index is 1.96. The fourth-order valence-electron chi connectivity index (χ4n) is 1.79. The standard InChI is InChI=1S/C16H12ClN3O2/c17-12-6-2-4-8-14(12)20-16(22)9-15(21)19-13-7-3-1-5-11(13)10-18/h1-8H,9H2,(H,19,21)(H,20,22). The molecule has 0 spiro atoms. The number of hydrogen-bond donors (Lipinski definition) is 2. The lowest BCUT2D eigenvalue weighted by Gasteiger charge is -2.08. The third-order valence-electron chi connectivity index (χ3n) is 2.79. The van der Waals surface area contributed by atoms with Crippen molar-refractivity contribution >= 4 is 34.8 Å². The van der Waals surface area contributed by atoms with Crippen LogP contribution in [0.2, 0.25) is 5.02 Å². The second kappa shape index (κ2) is 7.25. The van der Waals surface area contributed by atoms with Gasteiger partial charge in [0.25, 0.3) is 0 Å². The van der Waals surface area contributed by atoms with Crippen molar-refractivity contribution in [3.8, 4) is 6.07 Å². The Morgan fingerprint density at radius 1 is 0.955 bits per heavy atom. The van der Waals surface area contributed by atoms with E-state index in [0.717, 1.165) is 0 Å². The summed E-state index contributed by atoms with van der Waals surface area (Å²) in [6.07, 6.45) is -0.370. The normalized spacial score (nSPS) is 9.64.